The van der Waals surface area contributed by atoms with Crippen LogP contribution in [0.15, 0.2) is 23.4 Å². The first-order chi connectivity index (χ1) is 9.46. The van der Waals surface area contributed by atoms with Gasteiger partial charge in [-0.3, -0.25) is 4.79 Å². The predicted molar refractivity (Wildman–Crippen MR) is 65.9 cm³/mol. The number of carboxylic acids is 1. The summed E-state index contributed by atoms with van der Waals surface area (Å²) in [7, 11) is -3.01. The van der Waals surface area contributed by atoms with E-state index in [0.717, 1.165) is 17.4 Å². The Hall–Kier alpha value is -1.68. The van der Waals surface area contributed by atoms with Gasteiger partial charge in [-0.1, -0.05) is 6.92 Å². The molecule has 6 nitrogen and oxygen atoms in total. The second kappa shape index (κ2) is 5.98. The van der Waals surface area contributed by atoms with Crippen molar-refractivity contribution in [1.82, 2.24) is 9.29 Å². The first-order valence-corrected chi connectivity index (χ1v) is 7.12. The maximum absolute atomic E-state index is 12.4. The van der Waals surface area contributed by atoms with Gasteiger partial charge in [0.1, 0.15) is 0 Å². The van der Waals surface area contributed by atoms with Crippen molar-refractivity contribution >= 4 is 16.0 Å². The number of hydrogen-bond acceptors (Lipinski definition) is 4. The molecule has 10 heteroatoms. The molecule has 0 bridgehead atoms. The molecular weight excluding hydrogens is 313 g/mol. The smallest absolute Gasteiger partial charge is 0.417 e. The molecular formula is C11H13F3N2O4S. The standard InChI is InChI=1S/C11H13F3N2O4S/c1-7(10(17)18)6-16(2)21(19,20)9-4-3-8(5-15-9)11(12,13)14/h3-5,7H,6H2,1-2H3,(H,17,18). The molecule has 1 heterocycles. The van der Waals surface area contributed by atoms with Gasteiger partial charge < -0.3 is 5.11 Å². The number of alkyl halides is 3. The second-order valence-corrected chi connectivity index (χ2v) is 6.40. The van der Waals surface area contributed by atoms with Gasteiger partial charge in [0.2, 0.25) is 0 Å². The summed E-state index contributed by atoms with van der Waals surface area (Å²) in [5, 5.41) is 8.16. The van der Waals surface area contributed by atoms with Crippen LogP contribution in [0.2, 0.25) is 0 Å². The Bertz CT molecular complexity index is 613. The van der Waals surface area contributed by atoms with Crippen LogP contribution in [0.3, 0.4) is 0 Å². The molecule has 0 amide bonds. The molecule has 0 aliphatic carbocycles. The summed E-state index contributed by atoms with van der Waals surface area (Å²) < 4.78 is 61.9. The maximum Gasteiger partial charge on any atom is 0.417 e. The Balaban J connectivity index is 3.00. The molecule has 0 saturated carbocycles. The summed E-state index contributed by atoms with van der Waals surface area (Å²) in [6.45, 7) is 0.995. The zero-order chi connectivity index (χ0) is 16.4. The van der Waals surface area contributed by atoms with Gasteiger partial charge in [0.15, 0.2) is 5.03 Å². The molecule has 0 radical (unpaired) electrons. The van der Waals surface area contributed by atoms with Crippen molar-refractivity contribution in [2.24, 2.45) is 5.92 Å². The molecule has 118 valence electrons. The minimum absolute atomic E-state index is 0.319. The number of pyridine rings is 1. The van der Waals surface area contributed by atoms with Crippen molar-refractivity contribution in [3.05, 3.63) is 23.9 Å². The fraction of sp³-hybridized carbons (Fsp3) is 0.455. The molecule has 0 aliphatic heterocycles. The third-order valence-corrected chi connectivity index (χ3v) is 4.43. The average molecular weight is 326 g/mol. The Morgan fingerprint density at radius 1 is 1.43 bits per heavy atom. The Labute approximate surface area is 119 Å². The number of nitrogens with zero attached hydrogens (tertiary/aromatic N) is 2. The van der Waals surface area contributed by atoms with Crippen molar-refractivity contribution in [3.63, 3.8) is 0 Å². The lowest BCUT2D eigenvalue weighted by molar-refractivity contribution is -0.141. The van der Waals surface area contributed by atoms with Gasteiger partial charge in [0, 0.05) is 19.8 Å². The van der Waals surface area contributed by atoms with Crippen LogP contribution in [-0.2, 0) is 21.0 Å². The maximum atomic E-state index is 12.4. The number of rotatable bonds is 5. The van der Waals surface area contributed by atoms with Crippen molar-refractivity contribution < 1.29 is 31.5 Å². The zero-order valence-electron chi connectivity index (χ0n) is 11.1. The number of halogens is 3. The van der Waals surface area contributed by atoms with E-state index in [9.17, 15) is 26.4 Å². The third-order valence-electron chi connectivity index (χ3n) is 2.69. The monoisotopic (exact) mass is 326 g/mol. The van der Waals surface area contributed by atoms with Crippen molar-refractivity contribution in [2.75, 3.05) is 13.6 Å². The Kier molecular flexibility index (Phi) is 4.95. The van der Waals surface area contributed by atoms with Gasteiger partial charge in [0.25, 0.3) is 10.0 Å². The summed E-state index contributed by atoms with van der Waals surface area (Å²) in [5.74, 6) is -2.14. The van der Waals surface area contributed by atoms with E-state index in [1.165, 1.54) is 6.92 Å². The topological polar surface area (TPSA) is 87.6 Å². The molecule has 0 aliphatic rings. The van der Waals surface area contributed by atoms with E-state index >= 15 is 0 Å². The number of aromatic nitrogens is 1. The highest BCUT2D eigenvalue weighted by Crippen LogP contribution is 2.29. The third kappa shape index (κ3) is 4.14. The van der Waals surface area contributed by atoms with E-state index < -0.39 is 38.7 Å². The van der Waals surface area contributed by atoms with Gasteiger partial charge in [-0.05, 0) is 12.1 Å². The van der Waals surface area contributed by atoms with Crippen LogP contribution >= 0.6 is 0 Å². The van der Waals surface area contributed by atoms with Crippen molar-refractivity contribution in [2.45, 2.75) is 18.1 Å². The molecule has 0 saturated heterocycles. The van der Waals surface area contributed by atoms with Gasteiger partial charge in [-0.25, -0.2) is 13.4 Å². The van der Waals surface area contributed by atoms with E-state index in [0.29, 0.717) is 12.3 Å². The average Bonchev–Trinajstić information content (AvgIpc) is 2.37. The van der Waals surface area contributed by atoms with Gasteiger partial charge in [0.05, 0.1) is 11.5 Å². The molecule has 0 spiro atoms. The van der Waals surface area contributed by atoms with Crippen LogP contribution < -0.4 is 0 Å². The fourth-order valence-electron chi connectivity index (χ4n) is 1.42. The zero-order valence-corrected chi connectivity index (χ0v) is 11.9. The van der Waals surface area contributed by atoms with Gasteiger partial charge in [-0.2, -0.15) is 17.5 Å². The van der Waals surface area contributed by atoms with Crippen LogP contribution in [0.4, 0.5) is 13.2 Å². The molecule has 1 unspecified atom stereocenters. The van der Waals surface area contributed by atoms with Crippen molar-refractivity contribution in [3.8, 4) is 0 Å². The molecule has 0 aromatic carbocycles. The van der Waals surface area contributed by atoms with E-state index in [-0.39, 0.29) is 6.54 Å². The highest BCUT2D eigenvalue weighted by molar-refractivity contribution is 7.89. The molecule has 1 N–H and O–H groups in total. The van der Waals surface area contributed by atoms with Crippen LogP contribution in [0.5, 0.6) is 0 Å². The van der Waals surface area contributed by atoms with E-state index in [4.69, 9.17) is 5.11 Å². The number of carbonyl (C=O) groups is 1. The lowest BCUT2D eigenvalue weighted by Gasteiger charge is -2.18. The molecule has 1 atom stereocenters. The summed E-state index contributed by atoms with van der Waals surface area (Å²) >= 11 is 0. The highest BCUT2D eigenvalue weighted by Gasteiger charge is 2.32. The van der Waals surface area contributed by atoms with Gasteiger partial charge in [-0.15, -0.1) is 0 Å². The molecule has 1 aromatic heterocycles. The first kappa shape index (κ1) is 17.4. The summed E-state index contributed by atoms with van der Waals surface area (Å²) in [5.41, 5.74) is -1.07. The summed E-state index contributed by atoms with van der Waals surface area (Å²) in [6, 6.07) is 1.34. The quantitative estimate of drug-likeness (QED) is 0.885. The number of hydrogen-bond donors (Lipinski definition) is 1. The number of sulfonamides is 1. The Morgan fingerprint density at radius 3 is 2.38 bits per heavy atom. The lowest BCUT2D eigenvalue weighted by atomic mass is 10.2. The second-order valence-electron chi connectivity index (χ2n) is 4.41. The summed E-state index contributed by atoms with van der Waals surface area (Å²) in [6.07, 6.45) is -4.19. The SMILES string of the molecule is CC(CN(C)S(=O)(=O)c1ccc(C(F)(F)F)cn1)C(=O)O. The van der Waals surface area contributed by atoms with Crippen LogP contribution in [0.25, 0.3) is 0 Å². The molecule has 1 rings (SSSR count). The molecule has 21 heavy (non-hydrogen) atoms. The van der Waals surface area contributed by atoms with Gasteiger partial charge >= 0.3 is 12.1 Å². The van der Waals surface area contributed by atoms with E-state index in [1.807, 2.05) is 0 Å². The first-order valence-electron chi connectivity index (χ1n) is 5.68. The van der Waals surface area contributed by atoms with E-state index in [1.54, 1.807) is 0 Å². The minimum atomic E-state index is -4.61. The Morgan fingerprint density at radius 2 is 2.00 bits per heavy atom. The fourth-order valence-corrected chi connectivity index (χ4v) is 2.59. The lowest BCUT2D eigenvalue weighted by Crippen LogP contribution is -2.34. The number of carboxylic acid groups (broad SMARTS) is 1. The highest BCUT2D eigenvalue weighted by atomic mass is 32.2. The molecule has 0 fully saturated rings. The van der Waals surface area contributed by atoms with Crippen molar-refractivity contribution in [1.29, 1.82) is 0 Å². The normalized spacial score (nSPS) is 14.2. The largest absolute Gasteiger partial charge is 0.481 e. The molecule has 1 aromatic rings. The van der Waals surface area contributed by atoms with Crippen LogP contribution in [-0.4, -0.2) is 42.4 Å². The van der Waals surface area contributed by atoms with Crippen LogP contribution in [0.1, 0.15) is 12.5 Å². The van der Waals surface area contributed by atoms with E-state index in [2.05, 4.69) is 4.98 Å². The minimum Gasteiger partial charge on any atom is -0.481 e. The summed E-state index contributed by atoms with van der Waals surface area (Å²) in [4.78, 5) is 14.0. The predicted octanol–water partition coefficient (Wildman–Crippen LogP) is 1.44. The number of aliphatic carboxylic acids is 1. The van der Waals surface area contributed by atoms with Crippen LogP contribution in [0, 0.1) is 5.92 Å².